The van der Waals surface area contributed by atoms with Gasteiger partial charge in [-0.1, -0.05) is 6.42 Å². The average molecular weight is 226 g/mol. The number of carbonyl (C=O) groups is 1. The quantitative estimate of drug-likeness (QED) is 0.766. The average Bonchev–Trinajstić information content (AvgIpc) is 2.65. The van der Waals surface area contributed by atoms with E-state index in [1.807, 2.05) is 0 Å². The molecule has 1 aromatic heterocycles. The van der Waals surface area contributed by atoms with Crippen LogP contribution in [0.2, 0.25) is 0 Å². The Balaban J connectivity index is 1.87. The predicted octanol–water partition coefficient (Wildman–Crippen LogP) is 0.410. The minimum atomic E-state index is -0.113. The van der Waals surface area contributed by atoms with E-state index in [1.165, 1.54) is 12.6 Å². The first kappa shape index (κ1) is 10.5. The first-order valence-electron chi connectivity index (χ1n) is 5.15. The zero-order chi connectivity index (χ0) is 10.5. The van der Waals surface area contributed by atoms with Gasteiger partial charge in [0.25, 0.3) is 5.91 Å². The molecule has 1 atom stereocenters. The van der Waals surface area contributed by atoms with Gasteiger partial charge in [0.05, 0.1) is 17.9 Å². The Hall–Kier alpha value is -1.01. The maximum Gasteiger partial charge on any atom is 0.272 e. The van der Waals surface area contributed by atoms with Crippen molar-refractivity contribution in [3.05, 3.63) is 11.9 Å². The van der Waals surface area contributed by atoms with Crippen molar-refractivity contribution in [2.45, 2.75) is 25.3 Å². The van der Waals surface area contributed by atoms with Gasteiger partial charge in [0.1, 0.15) is 0 Å². The van der Waals surface area contributed by atoms with Gasteiger partial charge in [-0.3, -0.25) is 4.79 Å². The van der Waals surface area contributed by atoms with Crippen LogP contribution in [0.25, 0.3) is 0 Å². The molecule has 1 amide bonds. The van der Waals surface area contributed by atoms with Crippen molar-refractivity contribution in [1.29, 1.82) is 0 Å². The fourth-order valence-electron chi connectivity index (χ4n) is 1.67. The zero-order valence-electron chi connectivity index (χ0n) is 8.40. The fraction of sp³-hybridized carbons (Fsp3) is 0.667. The molecule has 0 spiro atoms. The second kappa shape index (κ2) is 5.18. The Morgan fingerprint density at radius 2 is 2.53 bits per heavy atom. The van der Waals surface area contributed by atoms with Crippen LogP contribution in [0.15, 0.2) is 6.20 Å². The van der Waals surface area contributed by atoms with Crippen LogP contribution in [-0.2, 0) is 0 Å². The highest BCUT2D eigenvalue weighted by Gasteiger charge is 2.16. The molecule has 15 heavy (non-hydrogen) atoms. The highest BCUT2D eigenvalue weighted by atomic mass is 32.1. The van der Waals surface area contributed by atoms with Crippen molar-refractivity contribution in [1.82, 2.24) is 19.4 Å². The standard InChI is InChI=1S/C9H14N4OS/c14-9(8-6-11-15-13-8)12-7-3-1-2-4-10-5-7/h6-7,10H,1-5H2,(H,12,14). The summed E-state index contributed by atoms with van der Waals surface area (Å²) in [5.74, 6) is -0.113. The van der Waals surface area contributed by atoms with Gasteiger partial charge in [0.15, 0.2) is 5.69 Å². The van der Waals surface area contributed by atoms with Crippen molar-refractivity contribution >= 4 is 17.6 Å². The van der Waals surface area contributed by atoms with Crippen LogP contribution in [0, 0.1) is 0 Å². The molecule has 2 rings (SSSR count). The highest BCUT2D eigenvalue weighted by molar-refractivity contribution is 6.99. The number of carbonyl (C=O) groups excluding carboxylic acids is 1. The van der Waals surface area contributed by atoms with E-state index in [1.54, 1.807) is 0 Å². The van der Waals surface area contributed by atoms with Gasteiger partial charge in [0, 0.05) is 12.6 Å². The van der Waals surface area contributed by atoms with Crippen molar-refractivity contribution < 1.29 is 4.79 Å². The van der Waals surface area contributed by atoms with Gasteiger partial charge < -0.3 is 10.6 Å². The van der Waals surface area contributed by atoms with Crippen LogP contribution in [0.4, 0.5) is 0 Å². The van der Waals surface area contributed by atoms with Gasteiger partial charge >= 0.3 is 0 Å². The van der Waals surface area contributed by atoms with Crippen molar-refractivity contribution in [3.63, 3.8) is 0 Å². The number of aromatic nitrogens is 2. The molecule has 5 nitrogen and oxygen atoms in total. The molecule has 0 bridgehead atoms. The number of nitrogens with zero attached hydrogens (tertiary/aromatic N) is 2. The van der Waals surface area contributed by atoms with Crippen LogP contribution in [0.5, 0.6) is 0 Å². The van der Waals surface area contributed by atoms with Gasteiger partial charge in [-0.15, -0.1) is 0 Å². The molecule has 1 fully saturated rings. The van der Waals surface area contributed by atoms with E-state index in [0.29, 0.717) is 5.69 Å². The molecule has 6 heteroatoms. The lowest BCUT2D eigenvalue weighted by molar-refractivity contribution is 0.0931. The lowest BCUT2D eigenvalue weighted by Gasteiger charge is -2.15. The summed E-state index contributed by atoms with van der Waals surface area (Å²) in [7, 11) is 0. The largest absolute Gasteiger partial charge is 0.347 e. The van der Waals surface area contributed by atoms with Crippen molar-refractivity contribution in [3.8, 4) is 0 Å². The summed E-state index contributed by atoms with van der Waals surface area (Å²) in [6.45, 7) is 1.90. The first-order valence-corrected chi connectivity index (χ1v) is 5.88. The number of nitrogens with one attached hydrogen (secondary N) is 2. The molecule has 1 aliphatic rings. The maximum atomic E-state index is 11.7. The summed E-state index contributed by atoms with van der Waals surface area (Å²) in [6.07, 6.45) is 4.89. The molecule has 0 radical (unpaired) electrons. The molecule has 0 saturated carbocycles. The van der Waals surface area contributed by atoms with E-state index >= 15 is 0 Å². The molecule has 2 heterocycles. The van der Waals surface area contributed by atoms with Crippen LogP contribution < -0.4 is 10.6 Å². The lowest BCUT2D eigenvalue weighted by Crippen LogP contribution is -2.40. The molecule has 0 aromatic carbocycles. The van der Waals surface area contributed by atoms with Gasteiger partial charge in [-0.05, 0) is 19.4 Å². The molecule has 1 unspecified atom stereocenters. The second-order valence-corrected chi connectivity index (χ2v) is 4.22. The molecule has 0 aliphatic carbocycles. The monoisotopic (exact) mass is 226 g/mol. The highest BCUT2D eigenvalue weighted by Crippen LogP contribution is 2.05. The topological polar surface area (TPSA) is 66.9 Å². The van der Waals surface area contributed by atoms with Crippen molar-refractivity contribution in [2.24, 2.45) is 0 Å². The maximum absolute atomic E-state index is 11.7. The van der Waals surface area contributed by atoms with Crippen LogP contribution in [-0.4, -0.2) is 33.8 Å². The Morgan fingerprint density at radius 1 is 1.60 bits per heavy atom. The smallest absolute Gasteiger partial charge is 0.272 e. The summed E-state index contributed by atoms with van der Waals surface area (Å²) in [5, 5.41) is 6.26. The molecular weight excluding hydrogens is 212 g/mol. The number of rotatable bonds is 2. The third kappa shape index (κ3) is 2.97. The minimum absolute atomic E-state index is 0.113. The Labute approximate surface area is 92.6 Å². The van der Waals surface area contributed by atoms with E-state index < -0.39 is 0 Å². The zero-order valence-corrected chi connectivity index (χ0v) is 9.22. The third-order valence-corrected chi connectivity index (χ3v) is 2.95. The molecule has 1 saturated heterocycles. The Morgan fingerprint density at radius 3 is 3.33 bits per heavy atom. The molecule has 1 aliphatic heterocycles. The van der Waals surface area contributed by atoms with Crippen LogP contribution in [0.1, 0.15) is 29.8 Å². The van der Waals surface area contributed by atoms with Crippen LogP contribution >= 0.6 is 11.7 Å². The lowest BCUT2D eigenvalue weighted by atomic mass is 10.1. The summed E-state index contributed by atoms with van der Waals surface area (Å²) in [6, 6.07) is 0.224. The molecule has 82 valence electrons. The number of amides is 1. The van der Waals surface area contributed by atoms with Crippen molar-refractivity contribution in [2.75, 3.05) is 13.1 Å². The first-order chi connectivity index (χ1) is 7.36. The summed E-state index contributed by atoms with van der Waals surface area (Å²) in [4.78, 5) is 11.7. The second-order valence-electron chi connectivity index (χ2n) is 3.66. The number of hydrogen-bond acceptors (Lipinski definition) is 5. The minimum Gasteiger partial charge on any atom is -0.347 e. The van der Waals surface area contributed by atoms with E-state index in [-0.39, 0.29) is 11.9 Å². The summed E-state index contributed by atoms with van der Waals surface area (Å²) < 4.78 is 7.71. The normalized spacial score (nSPS) is 22.0. The van der Waals surface area contributed by atoms with E-state index in [2.05, 4.69) is 19.4 Å². The SMILES string of the molecule is O=C(NC1CCCCNC1)c1cnsn1. The van der Waals surface area contributed by atoms with E-state index in [9.17, 15) is 4.79 Å². The van der Waals surface area contributed by atoms with Gasteiger partial charge in [0.2, 0.25) is 0 Å². The molecule has 2 N–H and O–H groups in total. The van der Waals surface area contributed by atoms with E-state index in [0.717, 1.165) is 37.7 Å². The molecular formula is C9H14N4OS. The van der Waals surface area contributed by atoms with Crippen LogP contribution in [0.3, 0.4) is 0 Å². The van der Waals surface area contributed by atoms with E-state index in [4.69, 9.17) is 0 Å². The Kier molecular flexibility index (Phi) is 3.63. The predicted molar refractivity (Wildman–Crippen MR) is 57.9 cm³/mol. The third-order valence-electron chi connectivity index (χ3n) is 2.48. The Bertz CT molecular complexity index is 306. The molecule has 1 aromatic rings. The summed E-state index contributed by atoms with van der Waals surface area (Å²) >= 11 is 1.06. The van der Waals surface area contributed by atoms with Gasteiger partial charge in [-0.2, -0.15) is 8.75 Å². The number of hydrogen-bond donors (Lipinski definition) is 2. The fourth-order valence-corrected chi connectivity index (χ4v) is 2.08. The van der Waals surface area contributed by atoms with Gasteiger partial charge in [-0.25, -0.2) is 0 Å². The summed E-state index contributed by atoms with van der Waals surface area (Å²) in [5.41, 5.74) is 0.421.